The van der Waals surface area contributed by atoms with Crippen molar-refractivity contribution in [2.75, 3.05) is 25.5 Å². The van der Waals surface area contributed by atoms with Crippen LogP contribution in [0.25, 0.3) is 0 Å². The van der Waals surface area contributed by atoms with Crippen molar-refractivity contribution in [1.29, 1.82) is 0 Å². The van der Waals surface area contributed by atoms with Crippen molar-refractivity contribution in [1.82, 2.24) is 9.80 Å². The molecule has 6 nitrogen and oxygen atoms in total. The normalized spacial score (nSPS) is 19.9. The van der Waals surface area contributed by atoms with Gasteiger partial charge in [0.25, 0.3) is 0 Å². The fraction of sp³-hybridized carbons (Fsp3) is 0.526. The molecule has 1 saturated carbocycles. The lowest BCUT2D eigenvalue weighted by molar-refractivity contribution is -0.137. The summed E-state index contributed by atoms with van der Waals surface area (Å²) in [5.74, 6) is -6.22. The van der Waals surface area contributed by atoms with E-state index in [1.165, 1.54) is 7.05 Å². The number of nitrogens with zero attached hydrogens (tertiary/aromatic N) is 2. The molecule has 0 bridgehead atoms. The van der Waals surface area contributed by atoms with Crippen LogP contribution in [0.4, 0.5) is 18.9 Å². The Bertz CT molecular complexity index is 796. The maximum atomic E-state index is 13.6. The number of hydrogen-bond donors (Lipinski definition) is 1. The third kappa shape index (κ3) is 4.13. The van der Waals surface area contributed by atoms with E-state index in [1.807, 2.05) is 0 Å². The van der Waals surface area contributed by atoms with Crippen LogP contribution in [0.15, 0.2) is 12.1 Å². The minimum absolute atomic E-state index is 0.0491. The molecular formula is C19H22F3N3O3. The minimum Gasteiger partial charge on any atom is -0.339 e. The van der Waals surface area contributed by atoms with E-state index < -0.39 is 41.5 Å². The second-order valence-electron chi connectivity index (χ2n) is 7.35. The molecule has 0 spiro atoms. The highest BCUT2D eigenvalue weighted by Gasteiger charge is 2.39. The van der Waals surface area contributed by atoms with Crippen LogP contribution in [-0.4, -0.2) is 53.7 Å². The standard InChI is InChI=1S/C19H22F3N3O3/c1-24(10-15(26)23-14-7-6-13(20)17(21)18(14)22)19(28)11-8-16(27)25(9-11)12-4-2-3-5-12/h6-7,11-12H,2-5,8-10H2,1H3,(H,23,26)/t11-/m0/s1. The van der Waals surface area contributed by atoms with E-state index >= 15 is 0 Å². The molecule has 28 heavy (non-hydrogen) atoms. The summed E-state index contributed by atoms with van der Waals surface area (Å²) < 4.78 is 39.8. The summed E-state index contributed by atoms with van der Waals surface area (Å²) in [4.78, 5) is 39.8. The van der Waals surface area contributed by atoms with Gasteiger partial charge in [-0.25, -0.2) is 13.2 Å². The van der Waals surface area contributed by atoms with E-state index in [2.05, 4.69) is 5.32 Å². The Morgan fingerprint density at radius 2 is 1.86 bits per heavy atom. The molecular weight excluding hydrogens is 375 g/mol. The fourth-order valence-corrected chi connectivity index (χ4v) is 3.88. The number of nitrogens with one attached hydrogen (secondary N) is 1. The number of benzene rings is 1. The molecule has 1 heterocycles. The van der Waals surface area contributed by atoms with E-state index in [1.54, 1.807) is 4.90 Å². The zero-order valence-electron chi connectivity index (χ0n) is 15.5. The quantitative estimate of drug-likeness (QED) is 0.776. The number of carbonyl (C=O) groups is 3. The summed E-state index contributed by atoms with van der Waals surface area (Å²) in [5.41, 5.74) is -0.506. The summed E-state index contributed by atoms with van der Waals surface area (Å²) in [5, 5.41) is 2.13. The molecule has 0 unspecified atom stereocenters. The molecule has 1 aliphatic carbocycles. The van der Waals surface area contributed by atoms with Crippen molar-refractivity contribution in [2.24, 2.45) is 5.92 Å². The van der Waals surface area contributed by atoms with Gasteiger partial charge in [0.2, 0.25) is 17.7 Å². The largest absolute Gasteiger partial charge is 0.339 e. The number of likely N-dealkylation sites (N-methyl/N-ethyl adjacent to an activating group) is 1. The van der Waals surface area contributed by atoms with Crippen LogP contribution in [0.3, 0.4) is 0 Å². The van der Waals surface area contributed by atoms with Crippen molar-refractivity contribution in [3.63, 3.8) is 0 Å². The van der Waals surface area contributed by atoms with Crippen LogP contribution in [-0.2, 0) is 14.4 Å². The van der Waals surface area contributed by atoms with E-state index in [9.17, 15) is 27.6 Å². The van der Waals surface area contributed by atoms with Crippen molar-refractivity contribution in [3.8, 4) is 0 Å². The molecule has 1 aromatic carbocycles. The molecule has 1 aromatic rings. The van der Waals surface area contributed by atoms with Crippen molar-refractivity contribution < 1.29 is 27.6 Å². The lowest BCUT2D eigenvalue weighted by atomic mass is 10.1. The molecule has 2 fully saturated rings. The Morgan fingerprint density at radius 1 is 1.18 bits per heavy atom. The average molecular weight is 397 g/mol. The minimum atomic E-state index is -1.68. The van der Waals surface area contributed by atoms with Gasteiger partial charge in [0.1, 0.15) is 0 Å². The van der Waals surface area contributed by atoms with Gasteiger partial charge in [0.05, 0.1) is 18.2 Å². The molecule has 0 radical (unpaired) electrons. The summed E-state index contributed by atoms with van der Waals surface area (Å²) in [7, 11) is 1.41. The second-order valence-corrected chi connectivity index (χ2v) is 7.35. The molecule has 1 N–H and O–H groups in total. The highest BCUT2D eigenvalue weighted by atomic mass is 19.2. The maximum Gasteiger partial charge on any atom is 0.244 e. The van der Waals surface area contributed by atoms with Gasteiger partial charge in [-0.05, 0) is 25.0 Å². The zero-order valence-corrected chi connectivity index (χ0v) is 15.5. The van der Waals surface area contributed by atoms with Gasteiger partial charge < -0.3 is 15.1 Å². The summed E-state index contributed by atoms with van der Waals surface area (Å²) in [6.07, 6.45) is 4.16. The Morgan fingerprint density at radius 3 is 2.54 bits per heavy atom. The number of anilines is 1. The second kappa shape index (κ2) is 8.20. The van der Waals surface area contributed by atoms with E-state index in [0.717, 1.165) is 36.6 Å². The SMILES string of the molecule is CN(CC(=O)Nc1ccc(F)c(F)c1F)C(=O)[C@H]1CC(=O)N(C2CCCC2)C1. The average Bonchev–Trinajstić information content (AvgIpc) is 3.31. The van der Waals surface area contributed by atoms with Gasteiger partial charge in [0.15, 0.2) is 17.5 Å². The van der Waals surface area contributed by atoms with Crippen LogP contribution in [0.1, 0.15) is 32.1 Å². The van der Waals surface area contributed by atoms with Gasteiger partial charge in [-0.3, -0.25) is 14.4 Å². The third-order valence-electron chi connectivity index (χ3n) is 5.34. The molecule has 1 aliphatic heterocycles. The smallest absolute Gasteiger partial charge is 0.244 e. The molecule has 1 saturated heterocycles. The van der Waals surface area contributed by atoms with Crippen molar-refractivity contribution in [3.05, 3.63) is 29.6 Å². The molecule has 0 aromatic heterocycles. The first kappa shape index (κ1) is 20.2. The fourth-order valence-electron chi connectivity index (χ4n) is 3.88. The lowest BCUT2D eigenvalue weighted by Gasteiger charge is -2.25. The first-order valence-corrected chi connectivity index (χ1v) is 9.25. The van der Waals surface area contributed by atoms with Crippen LogP contribution >= 0.6 is 0 Å². The van der Waals surface area contributed by atoms with Crippen LogP contribution < -0.4 is 5.32 Å². The summed E-state index contributed by atoms with van der Waals surface area (Å²) in [6, 6.07) is 1.79. The van der Waals surface area contributed by atoms with Gasteiger partial charge in [-0.1, -0.05) is 12.8 Å². The Labute approximate surface area is 160 Å². The topological polar surface area (TPSA) is 69.7 Å². The number of carbonyl (C=O) groups excluding carboxylic acids is 3. The number of amides is 3. The highest BCUT2D eigenvalue weighted by molar-refractivity contribution is 5.96. The molecule has 9 heteroatoms. The molecule has 152 valence electrons. The third-order valence-corrected chi connectivity index (χ3v) is 5.34. The highest BCUT2D eigenvalue weighted by Crippen LogP contribution is 2.30. The molecule has 1 atom stereocenters. The zero-order chi connectivity index (χ0) is 20.4. The number of hydrogen-bond acceptors (Lipinski definition) is 3. The predicted octanol–water partition coefficient (Wildman–Crippen LogP) is 2.29. The predicted molar refractivity (Wildman–Crippen MR) is 94.7 cm³/mol. The van der Waals surface area contributed by atoms with Gasteiger partial charge in [0, 0.05) is 26.1 Å². The van der Waals surface area contributed by atoms with Gasteiger partial charge in [-0.15, -0.1) is 0 Å². The Kier molecular flexibility index (Phi) is 5.90. The van der Waals surface area contributed by atoms with E-state index in [0.29, 0.717) is 12.6 Å². The van der Waals surface area contributed by atoms with Crippen LogP contribution in [0.5, 0.6) is 0 Å². The number of likely N-dealkylation sites (tertiary alicyclic amines) is 1. The summed E-state index contributed by atoms with van der Waals surface area (Å²) >= 11 is 0. The van der Waals surface area contributed by atoms with Crippen molar-refractivity contribution in [2.45, 2.75) is 38.1 Å². The first-order valence-electron chi connectivity index (χ1n) is 9.25. The van der Waals surface area contributed by atoms with Gasteiger partial charge >= 0.3 is 0 Å². The van der Waals surface area contributed by atoms with Crippen molar-refractivity contribution >= 4 is 23.4 Å². The van der Waals surface area contributed by atoms with Crippen LogP contribution in [0, 0.1) is 23.4 Å². The monoisotopic (exact) mass is 397 g/mol. The Balaban J connectivity index is 1.56. The summed E-state index contributed by atoms with van der Waals surface area (Å²) in [6.45, 7) is -0.0581. The van der Waals surface area contributed by atoms with Crippen LogP contribution in [0.2, 0.25) is 0 Å². The van der Waals surface area contributed by atoms with Gasteiger partial charge in [-0.2, -0.15) is 0 Å². The molecule has 2 aliphatic rings. The number of rotatable bonds is 5. The maximum absolute atomic E-state index is 13.6. The Hall–Kier alpha value is -2.58. The number of halogens is 3. The molecule has 3 amide bonds. The molecule has 3 rings (SSSR count). The van der Waals surface area contributed by atoms with E-state index in [-0.39, 0.29) is 24.3 Å². The van der Waals surface area contributed by atoms with E-state index in [4.69, 9.17) is 0 Å². The first-order chi connectivity index (χ1) is 13.3. The lowest BCUT2D eigenvalue weighted by Crippen LogP contribution is -2.40.